The zero-order chi connectivity index (χ0) is 24.9. The Morgan fingerprint density at radius 1 is 1.12 bits per heavy atom. The highest BCUT2D eigenvalue weighted by atomic mass is 32.2. The second-order valence-electron chi connectivity index (χ2n) is 8.92. The summed E-state index contributed by atoms with van der Waals surface area (Å²) in [7, 11) is -3.89. The standard InChI is InChI=1S/C25H32FN3O4S/c1-18-11-13-20(14-12-18)16-28(19(2)25(31)27-22-8-4-5-9-22)24(30)17-29(34(3,32)33)23-10-6-7-21(26)15-23/h6-7,10-15,19,22H,4-5,8-9,16-17H2,1-3H3,(H,27,31)/t19-/m1/s1. The largest absolute Gasteiger partial charge is 0.352 e. The number of aryl methyl sites for hydroxylation is 1. The normalized spacial score (nSPS) is 15.1. The fourth-order valence-electron chi connectivity index (χ4n) is 4.11. The third-order valence-corrected chi connectivity index (χ3v) is 7.26. The van der Waals surface area contributed by atoms with Crippen molar-refractivity contribution < 1.29 is 22.4 Å². The van der Waals surface area contributed by atoms with E-state index in [0.717, 1.165) is 53.4 Å². The Bertz CT molecular complexity index is 1120. The highest BCUT2D eigenvalue weighted by molar-refractivity contribution is 7.92. The van der Waals surface area contributed by atoms with Gasteiger partial charge >= 0.3 is 0 Å². The Kier molecular flexibility index (Phi) is 8.30. The van der Waals surface area contributed by atoms with Crippen LogP contribution in [0, 0.1) is 12.7 Å². The van der Waals surface area contributed by atoms with Crippen LogP contribution < -0.4 is 9.62 Å². The SMILES string of the molecule is Cc1ccc(CN(C(=O)CN(c2cccc(F)c2)S(C)(=O)=O)[C@H](C)C(=O)NC2CCCC2)cc1. The highest BCUT2D eigenvalue weighted by Crippen LogP contribution is 2.21. The quantitative estimate of drug-likeness (QED) is 0.585. The molecule has 2 amide bonds. The van der Waals surface area contributed by atoms with E-state index in [4.69, 9.17) is 0 Å². The monoisotopic (exact) mass is 489 g/mol. The lowest BCUT2D eigenvalue weighted by atomic mass is 10.1. The Labute approximate surface area is 201 Å². The van der Waals surface area contributed by atoms with Gasteiger partial charge in [0.2, 0.25) is 21.8 Å². The van der Waals surface area contributed by atoms with Gasteiger partial charge in [-0.15, -0.1) is 0 Å². The predicted molar refractivity (Wildman–Crippen MR) is 130 cm³/mol. The molecular formula is C25H32FN3O4S. The molecular weight excluding hydrogens is 457 g/mol. The molecule has 2 aromatic carbocycles. The zero-order valence-electron chi connectivity index (χ0n) is 19.8. The molecule has 0 heterocycles. The Morgan fingerprint density at radius 2 is 1.76 bits per heavy atom. The predicted octanol–water partition coefficient (Wildman–Crippen LogP) is 3.38. The summed E-state index contributed by atoms with van der Waals surface area (Å²) in [4.78, 5) is 27.8. The number of halogens is 1. The summed E-state index contributed by atoms with van der Waals surface area (Å²) < 4.78 is 39.6. The maximum Gasteiger partial charge on any atom is 0.244 e. The summed E-state index contributed by atoms with van der Waals surface area (Å²) in [5.41, 5.74) is 1.92. The molecule has 2 aromatic rings. The van der Waals surface area contributed by atoms with Gasteiger partial charge in [0.15, 0.2) is 0 Å². The molecule has 0 aromatic heterocycles. The van der Waals surface area contributed by atoms with Crippen molar-refractivity contribution in [1.29, 1.82) is 0 Å². The van der Waals surface area contributed by atoms with E-state index in [2.05, 4.69) is 5.32 Å². The van der Waals surface area contributed by atoms with Gasteiger partial charge in [0.05, 0.1) is 11.9 Å². The van der Waals surface area contributed by atoms with Crippen molar-refractivity contribution in [3.63, 3.8) is 0 Å². The smallest absolute Gasteiger partial charge is 0.244 e. The molecule has 0 unspecified atom stereocenters. The van der Waals surface area contributed by atoms with Crippen LogP contribution in [-0.2, 0) is 26.2 Å². The fourth-order valence-corrected chi connectivity index (χ4v) is 4.95. The van der Waals surface area contributed by atoms with Gasteiger partial charge in [-0.1, -0.05) is 48.7 Å². The minimum Gasteiger partial charge on any atom is -0.352 e. The van der Waals surface area contributed by atoms with Crippen LogP contribution in [0.3, 0.4) is 0 Å². The molecule has 9 heteroatoms. The number of hydrogen-bond acceptors (Lipinski definition) is 4. The molecule has 34 heavy (non-hydrogen) atoms. The van der Waals surface area contributed by atoms with Crippen LogP contribution >= 0.6 is 0 Å². The fraction of sp³-hybridized carbons (Fsp3) is 0.440. The van der Waals surface area contributed by atoms with Crippen molar-refractivity contribution >= 4 is 27.5 Å². The topological polar surface area (TPSA) is 86.8 Å². The summed E-state index contributed by atoms with van der Waals surface area (Å²) in [6, 6.07) is 11.9. The van der Waals surface area contributed by atoms with E-state index in [9.17, 15) is 22.4 Å². The molecule has 1 aliphatic carbocycles. The summed E-state index contributed by atoms with van der Waals surface area (Å²) in [5, 5.41) is 3.02. The lowest BCUT2D eigenvalue weighted by molar-refractivity contribution is -0.139. The maximum absolute atomic E-state index is 13.8. The van der Waals surface area contributed by atoms with E-state index in [1.807, 2.05) is 31.2 Å². The number of nitrogens with one attached hydrogen (secondary N) is 1. The first-order valence-corrected chi connectivity index (χ1v) is 13.3. The van der Waals surface area contributed by atoms with Crippen LogP contribution in [0.4, 0.5) is 10.1 Å². The number of hydrogen-bond donors (Lipinski definition) is 1. The number of carbonyl (C=O) groups excluding carboxylic acids is 2. The zero-order valence-corrected chi connectivity index (χ0v) is 20.6. The van der Waals surface area contributed by atoms with Crippen molar-refractivity contribution in [2.24, 2.45) is 0 Å². The van der Waals surface area contributed by atoms with Crippen LogP contribution in [0.5, 0.6) is 0 Å². The second kappa shape index (κ2) is 11.0. The van der Waals surface area contributed by atoms with Crippen LogP contribution in [0.15, 0.2) is 48.5 Å². The van der Waals surface area contributed by atoms with E-state index in [1.54, 1.807) is 6.92 Å². The molecule has 0 aliphatic heterocycles. The molecule has 1 aliphatic rings. The number of nitrogens with zero attached hydrogens (tertiary/aromatic N) is 2. The first-order chi connectivity index (χ1) is 16.0. The van der Waals surface area contributed by atoms with Crippen molar-refractivity contribution in [1.82, 2.24) is 10.2 Å². The molecule has 0 saturated heterocycles. The van der Waals surface area contributed by atoms with Gasteiger partial charge in [0, 0.05) is 12.6 Å². The van der Waals surface area contributed by atoms with Crippen LogP contribution in [0.25, 0.3) is 0 Å². The third kappa shape index (κ3) is 6.79. The van der Waals surface area contributed by atoms with Gasteiger partial charge in [0.1, 0.15) is 18.4 Å². The molecule has 3 rings (SSSR count). The molecule has 0 spiro atoms. The molecule has 0 bridgehead atoms. The number of amides is 2. The van der Waals surface area contributed by atoms with Crippen molar-refractivity contribution in [3.8, 4) is 0 Å². The minimum atomic E-state index is -3.89. The van der Waals surface area contributed by atoms with Crippen molar-refractivity contribution in [3.05, 3.63) is 65.5 Å². The Morgan fingerprint density at radius 3 is 2.35 bits per heavy atom. The van der Waals surface area contributed by atoms with Gasteiger partial charge in [-0.3, -0.25) is 13.9 Å². The summed E-state index contributed by atoms with van der Waals surface area (Å²) in [5.74, 6) is -1.44. The van der Waals surface area contributed by atoms with Crippen LogP contribution in [-0.4, -0.2) is 50.0 Å². The average molecular weight is 490 g/mol. The molecule has 1 atom stereocenters. The molecule has 1 N–H and O–H groups in total. The number of benzene rings is 2. The van der Waals surface area contributed by atoms with Crippen LogP contribution in [0.1, 0.15) is 43.7 Å². The average Bonchev–Trinajstić information content (AvgIpc) is 3.28. The number of anilines is 1. The molecule has 0 radical (unpaired) electrons. The lowest BCUT2D eigenvalue weighted by Gasteiger charge is -2.32. The van der Waals surface area contributed by atoms with E-state index >= 15 is 0 Å². The van der Waals surface area contributed by atoms with Gasteiger partial charge in [-0.2, -0.15) is 0 Å². The van der Waals surface area contributed by atoms with Gasteiger partial charge < -0.3 is 10.2 Å². The second-order valence-corrected chi connectivity index (χ2v) is 10.8. The molecule has 184 valence electrons. The number of sulfonamides is 1. The van der Waals surface area contributed by atoms with E-state index in [1.165, 1.54) is 23.1 Å². The first kappa shape index (κ1) is 25.7. The summed E-state index contributed by atoms with van der Waals surface area (Å²) >= 11 is 0. The number of carbonyl (C=O) groups is 2. The summed E-state index contributed by atoms with van der Waals surface area (Å²) in [6.07, 6.45) is 4.90. The first-order valence-electron chi connectivity index (χ1n) is 11.4. The van der Waals surface area contributed by atoms with Gasteiger partial charge in [0.25, 0.3) is 0 Å². The van der Waals surface area contributed by atoms with E-state index in [-0.39, 0.29) is 24.2 Å². The molecule has 7 nitrogen and oxygen atoms in total. The molecule has 1 fully saturated rings. The maximum atomic E-state index is 13.8. The van der Waals surface area contributed by atoms with Gasteiger partial charge in [-0.25, -0.2) is 12.8 Å². The van der Waals surface area contributed by atoms with Crippen LogP contribution in [0.2, 0.25) is 0 Å². The Balaban J connectivity index is 1.87. The van der Waals surface area contributed by atoms with E-state index in [0.29, 0.717) is 0 Å². The van der Waals surface area contributed by atoms with Crippen molar-refractivity contribution in [2.45, 2.75) is 58.2 Å². The van der Waals surface area contributed by atoms with E-state index < -0.39 is 34.3 Å². The lowest BCUT2D eigenvalue weighted by Crippen LogP contribution is -2.52. The summed E-state index contributed by atoms with van der Waals surface area (Å²) in [6.45, 7) is 3.19. The van der Waals surface area contributed by atoms with Gasteiger partial charge in [-0.05, 0) is 50.5 Å². The highest BCUT2D eigenvalue weighted by Gasteiger charge is 2.31. The Hall–Kier alpha value is -2.94. The third-order valence-electron chi connectivity index (χ3n) is 6.12. The minimum absolute atomic E-state index is 0.0502. The van der Waals surface area contributed by atoms with Crippen molar-refractivity contribution in [2.75, 3.05) is 17.1 Å². The number of rotatable bonds is 9. The molecule has 1 saturated carbocycles.